The average Bonchev–Trinajstić information content (AvgIpc) is 2.54. The molecule has 0 bridgehead atoms. The van der Waals surface area contributed by atoms with Crippen LogP contribution in [0, 0.1) is 5.92 Å². The van der Waals surface area contributed by atoms with Gasteiger partial charge in [0.25, 0.3) is 0 Å². The Balaban J connectivity index is 3.04. The Morgan fingerprint density at radius 1 is 0.652 bits per heavy atom. The molecule has 0 radical (unpaired) electrons. The number of hydrogen-bond acceptors (Lipinski definition) is 1. The van der Waals surface area contributed by atoms with E-state index in [0.29, 0.717) is 10.9 Å². The minimum atomic E-state index is 0.427. The highest BCUT2D eigenvalue weighted by Crippen LogP contribution is 2.15. The molecule has 0 aromatic carbocycles. The molecule has 0 aliphatic carbocycles. The first kappa shape index (κ1) is 22.9. The van der Waals surface area contributed by atoms with Crippen LogP contribution in [0.4, 0.5) is 0 Å². The van der Waals surface area contributed by atoms with Crippen LogP contribution >= 0.6 is 12.2 Å². The van der Waals surface area contributed by atoms with Crippen molar-refractivity contribution in [1.29, 1.82) is 0 Å². The Bertz CT molecular complexity index is 252. The normalized spacial score (nSPS) is 12.4. The van der Waals surface area contributed by atoms with Crippen LogP contribution in [-0.4, -0.2) is 4.99 Å². The summed E-state index contributed by atoms with van der Waals surface area (Å²) in [5.74, 6) is 0.427. The lowest BCUT2D eigenvalue weighted by atomic mass is 10.0. The van der Waals surface area contributed by atoms with Gasteiger partial charge < -0.3 is 5.73 Å². The molecule has 0 saturated carbocycles. The molecule has 2 heteroatoms. The van der Waals surface area contributed by atoms with Crippen molar-refractivity contribution in [3.05, 3.63) is 0 Å². The molecule has 0 saturated heterocycles. The van der Waals surface area contributed by atoms with E-state index in [2.05, 4.69) is 13.8 Å². The quantitative estimate of drug-likeness (QED) is 0.205. The lowest BCUT2D eigenvalue weighted by Gasteiger charge is -2.08. The molecule has 1 unspecified atom stereocenters. The fourth-order valence-corrected chi connectivity index (χ4v) is 3.26. The number of hydrogen-bond donors (Lipinski definition) is 1. The van der Waals surface area contributed by atoms with Gasteiger partial charge in [0.2, 0.25) is 0 Å². The number of unbranched alkanes of at least 4 members (excludes halogenated alkanes) is 15. The summed E-state index contributed by atoms with van der Waals surface area (Å²) in [6, 6.07) is 0. The third-order valence-electron chi connectivity index (χ3n) is 4.98. The molecule has 1 nitrogen and oxygen atoms in total. The molecule has 0 aromatic rings. The Morgan fingerprint density at radius 2 is 0.957 bits per heavy atom. The van der Waals surface area contributed by atoms with Gasteiger partial charge in [-0.2, -0.15) is 0 Å². The van der Waals surface area contributed by atoms with E-state index in [-0.39, 0.29) is 0 Å². The number of rotatable bonds is 18. The van der Waals surface area contributed by atoms with Gasteiger partial charge in [-0.25, -0.2) is 0 Å². The van der Waals surface area contributed by atoms with Crippen LogP contribution in [0.5, 0.6) is 0 Å². The third-order valence-corrected chi connectivity index (χ3v) is 5.38. The molecular weight excluding hydrogens is 298 g/mol. The lowest BCUT2D eigenvalue weighted by molar-refractivity contribution is 0.521. The molecular formula is C21H43NS. The molecule has 0 heterocycles. The monoisotopic (exact) mass is 341 g/mol. The van der Waals surface area contributed by atoms with Crippen molar-refractivity contribution in [2.45, 2.75) is 123 Å². The van der Waals surface area contributed by atoms with Crippen LogP contribution in [0.2, 0.25) is 0 Å². The predicted octanol–water partition coefficient (Wildman–Crippen LogP) is 7.56. The van der Waals surface area contributed by atoms with E-state index >= 15 is 0 Å². The van der Waals surface area contributed by atoms with Crippen molar-refractivity contribution in [1.82, 2.24) is 0 Å². The van der Waals surface area contributed by atoms with Crippen LogP contribution in [0.3, 0.4) is 0 Å². The first-order valence-corrected chi connectivity index (χ1v) is 10.9. The fourth-order valence-electron chi connectivity index (χ4n) is 3.14. The van der Waals surface area contributed by atoms with E-state index in [1.54, 1.807) is 0 Å². The second-order valence-corrected chi connectivity index (χ2v) is 7.87. The molecule has 1 atom stereocenters. The number of thiocarbonyl (C=S) groups is 1. The van der Waals surface area contributed by atoms with E-state index in [1.807, 2.05) is 0 Å². The largest absolute Gasteiger partial charge is 0.393 e. The average molecular weight is 342 g/mol. The standard InChI is InChI=1S/C21H43NS/c1-3-4-5-6-7-8-9-10-11-12-13-14-15-16-17-18-19-20(2)21(22)23/h20H,3-19H2,1-2H3,(H2,22,23). The summed E-state index contributed by atoms with van der Waals surface area (Å²) in [6.45, 7) is 4.44. The van der Waals surface area contributed by atoms with E-state index in [0.717, 1.165) is 0 Å². The zero-order valence-corrected chi connectivity index (χ0v) is 16.9. The molecule has 0 aromatic heterocycles. The van der Waals surface area contributed by atoms with Gasteiger partial charge in [0.15, 0.2) is 0 Å². The highest BCUT2D eigenvalue weighted by molar-refractivity contribution is 7.80. The van der Waals surface area contributed by atoms with Crippen LogP contribution in [0.15, 0.2) is 0 Å². The summed E-state index contributed by atoms with van der Waals surface area (Å²) in [5, 5.41) is 0. The van der Waals surface area contributed by atoms with Crippen molar-refractivity contribution in [3.63, 3.8) is 0 Å². The maximum atomic E-state index is 5.63. The van der Waals surface area contributed by atoms with E-state index in [9.17, 15) is 0 Å². The Labute approximate surface area is 152 Å². The summed E-state index contributed by atoms with van der Waals surface area (Å²) >= 11 is 5.01. The van der Waals surface area contributed by atoms with Crippen LogP contribution in [0.25, 0.3) is 0 Å². The summed E-state index contributed by atoms with van der Waals surface area (Å²) in [7, 11) is 0. The van der Waals surface area contributed by atoms with Crippen molar-refractivity contribution >= 4 is 17.2 Å². The van der Waals surface area contributed by atoms with Crippen LogP contribution in [0.1, 0.15) is 123 Å². The van der Waals surface area contributed by atoms with E-state index in [1.165, 1.54) is 109 Å². The lowest BCUT2D eigenvalue weighted by Crippen LogP contribution is -2.17. The molecule has 0 rings (SSSR count). The maximum absolute atomic E-state index is 5.63. The molecule has 0 aliphatic rings. The third kappa shape index (κ3) is 18.1. The van der Waals surface area contributed by atoms with Gasteiger partial charge >= 0.3 is 0 Å². The molecule has 138 valence electrons. The van der Waals surface area contributed by atoms with E-state index in [4.69, 9.17) is 18.0 Å². The van der Waals surface area contributed by atoms with Gasteiger partial charge in [0.05, 0.1) is 4.99 Å². The maximum Gasteiger partial charge on any atom is 0.0755 e. The predicted molar refractivity (Wildman–Crippen MR) is 110 cm³/mol. The van der Waals surface area contributed by atoms with Gasteiger partial charge in [-0.15, -0.1) is 0 Å². The molecule has 0 aliphatic heterocycles. The Morgan fingerprint density at radius 3 is 1.26 bits per heavy atom. The van der Waals surface area contributed by atoms with Gasteiger partial charge in [-0.05, 0) is 6.42 Å². The van der Waals surface area contributed by atoms with Crippen LogP contribution in [-0.2, 0) is 0 Å². The van der Waals surface area contributed by atoms with Crippen LogP contribution < -0.4 is 5.73 Å². The van der Waals surface area contributed by atoms with Crippen molar-refractivity contribution < 1.29 is 0 Å². The topological polar surface area (TPSA) is 26.0 Å². The molecule has 0 fully saturated rings. The first-order chi connectivity index (χ1) is 11.2. The summed E-state index contributed by atoms with van der Waals surface area (Å²) < 4.78 is 0. The highest BCUT2D eigenvalue weighted by Gasteiger charge is 2.03. The highest BCUT2D eigenvalue weighted by atomic mass is 32.1. The SMILES string of the molecule is CCCCCCCCCCCCCCCCCCC(C)C(N)=S. The van der Waals surface area contributed by atoms with Gasteiger partial charge in [-0.1, -0.05) is 129 Å². The van der Waals surface area contributed by atoms with Gasteiger partial charge in [0.1, 0.15) is 0 Å². The minimum Gasteiger partial charge on any atom is -0.393 e. The molecule has 23 heavy (non-hydrogen) atoms. The second-order valence-electron chi connectivity index (χ2n) is 7.40. The van der Waals surface area contributed by atoms with Gasteiger partial charge in [-0.3, -0.25) is 0 Å². The fraction of sp³-hybridized carbons (Fsp3) is 0.952. The van der Waals surface area contributed by atoms with E-state index < -0.39 is 0 Å². The van der Waals surface area contributed by atoms with Crippen molar-refractivity contribution in [2.24, 2.45) is 11.7 Å². The first-order valence-electron chi connectivity index (χ1n) is 10.5. The molecule has 2 N–H and O–H groups in total. The van der Waals surface area contributed by atoms with Crippen molar-refractivity contribution in [3.8, 4) is 0 Å². The van der Waals surface area contributed by atoms with Crippen molar-refractivity contribution in [2.75, 3.05) is 0 Å². The molecule has 0 amide bonds. The number of nitrogens with two attached hydrogens (primary N) is 1. The minimum absolute atomic E-state index is 0.427. The Kier molecular flexibility index (Phi) is 18.1. The molecule has 0 spiro atoms. The Hall–Kier alpha value is -0.110. The smallest absolute Gasteiger partial charge is 0.0755 e. The zero-order valence-electron chi connectivity index (χ0n) is 16.1. The summed E-state index contributed by atoms with van der Waals surface area (Å²) in [4.78, 5) is 0.686. The zero-order chi connectivity index (χ0) is 17.2. The second kappa shape index (κ2) is 18.2. The summed E-state index contributed by atoms with van der Waals surface area (Å²) in [6.07, 6.45) is 24.0. The summed E-state index contributed by atoms with van der Waals surface area (Å²) in [5.41, 5.74) is 5.63. The van der Waals surface area contributed by atoms with Gasteiger partial charge in [0, 0.05) is 5.92 Å².